The number of halogens is 1. The molecule has 1 aliphatic heterocycles. The second-order valence-corrected chi connectivity index (χ2v) is 9.96. The van der Waals surface area contributed by atoms with E-state index >= 15 is 0 Å². The molecule has 1 aliphatic rings. The van der Waals surface area contributed by atoms with Crippen molar-refractivity contribution in [3.05, 3.63) is 57.6 Å². The van der Waals surface area contributed by atoms with E-state index in [-0.39, 0.29) is 24.4 Å². The molecule has 0 bridgehead atoms. The van der Waals surface area contributed by atoms with Crippen LogP contribution in [0.2, 0.25) is 5.02 Å². The fraction of sp³-hybridized carbons (Fsp3) is 0.440. The van der Waals surface area contributed by atoms with Crippen LogP contribution in [0.25, 0.3) is 11.4 Å². The Balaban J connectivity index is 1.48. The van der Waals surface area contributed by atoms with Crippen LogP contribution in [-0.4, -0.2) is 51.4 Å². The lowest BCUT2D eigenvalue weighted by atomic mass is 10.0. The van der Waals surface area contributed by atoms with Crippen molar-refractivity contribution < 1.29 is 14.1 Å². The fourth-order valence-corrected chi connectivity index (χ4v) is 5.06. The maximum atomic E-state index is 13.4. The number of hydrogen-bond acceptors (Lipinski definition) is 6. The molecule has 34 heavy (non-hydrogen) atoms. The van der Waals surface area contributed by atoms with E-state index in [0.717, 1.165) is 42.5 Å². The van der Waals surface area contributed by atoms with Crippen molar-refractivity contribution in [2.75, 3.05) is 19.6 Å². The molecule has 1 unspecified atom stereocenters. The number of carbonyl (C=O) groups is 2. The van der Waals surface area contributed by atoms with Gasteiger partial charge in [-0.1, -0.05) is 48.3 Å². The number of piperidine rings is 1. The molecule has 4 rings (SSSR count). The number of likely N-dealkylation sites (tertiary alicyclic amines) is 1. The van der Waals surface area contributed by atoms with Gasteiger partial charge in [-0.3, -0.25) is 9.59 Å². The molecule has 0 aliphatic carbocycles. The molecule has 1 aromatic carbocycles. The summed E-state index contributed by atoms with van der Waals surface area (Å²) in [5, 5.41) is 6.68. The Hall–Kier alpha value is -2.71. The SMILES string of the molecule is CCCCN(CC(=O)N1CCCCC1c1nc(-c2cccc(Cl)c2)no1)C(=O)Cc1cccs1. The molecule has 0 spiro atoms. The van der Waals surface area contributed by atoms with Gasteiger partial charge in [0.2, 0.25) is 23.5 Å². The average molecular weight is 501 g/mol. The minimum atomic E-state index is -0.290. The third kappa shape index (κ3) is 6.04. The first kappa shape index (κ1) is 24.4. The van der Waals surface area contributed by atoms with Crippen molar-refractivity contribution in [1.29, 1.82) is 0 Å². The molecule has 7 nitrogen and oxygen atoms in total. The van der Waals surface area contributed by atoms with Crippen LogP contribution < -0.4 is 0 Å². The van der Waals surface area contributed by atoms with E-state index in [9.17, 15) is 9.59 Å². The Bertz CT molecular complexity index is 1100. The number of hydrogen-bond donors (Lipinski definition) is 0. The van der Waals surface area contributed by atoms with Crippen molar-refractivity contribution >= 4 is 34.8 Å². The molecule has 1 fully saturated rings. The zero-order valence-corrected chi connectivity index (χ0v) is 20.9. The standard InChI is InChI=1S/C25H29ClN4O3S/c1-2-3-12-29(22(31)16-20-10-7-14-34-20)17-23(32)30-13-5-4-11-21(30)25-27-24(28-33-25)18-8-6-9-19(26)15-18/h6-10,14-15,21H,2-5,11-13,16-17H2,1H3. The Kier molecular flexibility index (Phi) is 8.34. The van der Waals surface area contributed by atoms with Crippen LogP contribution in [-0.2, 0) is 16.0 Å². The molecule has 2 aromatic heterocycles. The number of unbranched alkanes of at least 4 members (excludes halogenated alkanes) is 1. The second kappa shape index (κ2) is 11.6. The molecular formula is C25H29ClN4O3S. The van der Waals surface area contributed by atoms with Crippen molar-refractivity contribution in [3.63, 3.8) is 0 Å². The summed E-state index contributed by atoms with van der Waals surface area (Å²) in [5.74, 6) is 0.779. The first-order chi connectivity index (χ1) is 16.5. The molecule has 180 valence electrons. The summed E-state index contributed by atoms with van der Waals surface area (Å²) in [6.07, 6.45) is 4.78. The van der Waals surface area contributed by atoms with Crippen LogP contribution >= 0.6 is 22.9 Å². The van der Waals surface area contributed by atoms with Gasteiger partial charge in [0.25, 0.3) is 0 Å². The van der Waals surface area contributed by atoms with Gasteiger partial charge in [0.15, 0.2) is 0 Å². The van der Waals surface area contributed by atoms with Crippen LogP contribution in [0.5, 0.6) is 0 Å². The van der Waals surface area contributed by atoms with Crippen molar-refractivity contribution in [2.24, 2.45) is 0 Å². The quantitative estimate of drug-likeness (QED) is 0.394. The largest absolute Gasteiger partial charge is 0.337 e. The summed E-state index contributed by atoms with van der Waals surface area (Å²) >= 11 is 7.66. The van der Waals surface area contributed by atoms with Gasteiger partial charge < -0.3 is 14.3 Å². The number of aromatic nitrogens is 2. The lowest BCUT2D eigenvalue weighted by Crippen LogP contribution is -2.46. The topological polar surface area (TPSA) is 79.5 Å². The monoisotopic (exact) mass is 500 g/mol. The predicted octanol–water partition coefficient (Wildman–Crippen LogP) is 5.38. The highest BCUT2D eigenvalue weighted by Crippen LogP contribution is 2.31. The van der Waals surface area contributed by atoms with E-state index in [0.29, 0.717) is 36.2 Å². The Morgan fingerprint density at radius 2 is 2.15 bits per heavy atom. The molecule has 9 heteroatoms. The number of amides is 2. The Morgan fingerprint density at radius 3 is 2.91 bits per heavy atom. The maximum absolute atomic E-state index is 13.4. The maximum Gasteiger partial charge on any atom is 0.249 e. The highest BCUT2D eigenvalue weighted by Gasteiger charge is 2.33. The zero-order valence-electron chi connectivity index (χ0n) is 19.3. The summed E-state index contributed by atoms with van der Waals surface area (Å²) < 4.78 is 5.59. The Morgan fingerprint density at radius 1 is 1.26 bits per heavy atom. The van der Waals surface area contributed by atoms with Gasteiger partial charge in [0, 0.05) is 28.6 Å². The highest BCUT2D eigenvalue weighted by molar-refractivity contribution is 7.10. The number of nitrogens with zero attached hydrogens (tertiary/aromatic N) is 4. The molecule has 0 N–H and O–H groups in total. The lowest BCUT2D eigenvalue weighted by molar-refractivity contribution is -0.143. The Labute approximate surface area is 208 Å². The highest BCUT2D eigenvalue weighted by atomic mass is 35.5. The van der Waals surface area contributed by atoms with Crippen molar-refractivity contribution in [1.82, 2.24) is 19.9 Å². The van der Waals surface area contributed by atoms with Gasteiger partial charge in [0.05, 0.1) is 13.0 Å². The first-order valence-corrected chi connectivity index (χ1v) is 13.0. The third-order valence-electron chi connectivity index (χ3n) is 6.00. The second-order valence-electron chi connectivity index (χ2n) is 8.49. The number of thiophene rings is 1. The summed E-state index contributed by atoms with van der Waals surface area (Å²) in [6, 6.07) is 10.9. The minimum Gasteiger partial charge on any atom is -0.337 e. The number of benzene rings is 1. The minimum absolute atomic E-state index is 0.0150. The van der Waals surface area contributed by atoms with Crippen LogP contribution in [0.15, 0.2) is 46.3 Å². The van der Waals surface area contributed by atoms with Crippen LogP contribution in [0.3, 0.4) is 0 Å². The van der Waals surface area contributed by atoms with E-state index in [1.807, 2.05) is 29.6 Å². The zero-order chi connectivity index (χ0) is 23.9. The molecule has 2 amide bonds. The van der Waals surface area contributed by atoms with E-state index in [4.69, 9.17) is 16.1 Å². The van der Waals surface area contributed by atoms with E-state index < -0.39 is 0 Å². The molecule has 1 saturated heterocycles. The van der Waals surface area contributed by atoms with Crippen LogP contribution in [0.1, 0.15) is 55.8 Å². The summed E-state index contributed by atoms with van der Waals surface area (Å²) in [4.78, 5) is 35.5. The summed E-state index contributed by atoms with van der Waals surface area (Å²) in [5.41, 5.74) is 0.765. The predicted molar refractivity (Wildman–Crippen MR) is 133 cm³/mol. The number of carbonyl (C=O) groups excluding carboxylic acids is 2. The fourth-order valence-electron chi connectivity index (χ4n) is 4.17. The molecular weight excluding hydrogens is 472 g/mol. The molecule has 1 atom stereocenters. The number of rotatable bonds is 9. The van der Waals surface area contributed by atoms with Gasteiger partial charge >= 0.3 is 0 Å². The van der Waals surface area contributed by atoms with Gasteiger partial charge in [0.1, 0.15) is 6.04 Å². The smallest absolute Gasteiger partial charge is 0.249 e. The molecule has 3 heterocycles. The van der Waals surface area contributed by atoms with Gasteiger partial charge in [-0.05, 0) is 49.3 Å². The van der Waals surface area contributed by atoms with Crippen molar-refractivity contribution in [2.45, 2.75) is 51.5 Å². The summed E-state index contributed by atoms with van der Waals surface area (Å²) in [7, 11) is 0. The molecule has 0 saturated carbocycles. The van der Waals surface area contributed by atoms with E-state index in [1.54, 1.807) is 33.3 Å². The van der Waals surface area contributed by atoms with Crippen LogP contribution in [0.4, 0.5) is 0 Å². The third-order valence-corrected chi connectivity index (χ3v) is 7.11. The lowest BCUT2D eigenvalue weighted by Gasteiger charge is -2.35. The average Bonchev–Trinajstić information content (AvgIpc) is 3.54. The molecule has 3 aromatic rings. The normalized spacial score (nSPS) is 15.9. The first-order valence-electron chi connectivity index (χ1n) is 11.7. The van der Waals surface area contributed by atoms with Crippen LogP contribution in [0, 0.1) is 0 Å². The van der Waals surface area contributed by atoms with E-state index in [2.05, 4.69) is 17.1 Å². The van der Waals surface area contributed by atoms with Crippen molar-refractivity contribution in [3.8, 4) is 11.4 Å². The van der Waals surface area contributed by atoms with E-state index in [1.165, 1.54) is 0 Å². The van der Waals surface area contributed by atoms with Gasteiger partial charge in [-0.25, -0.2) is 0 Å². The van der Waals surface area contributed by atoms with Gasteiger partial charge in [-0.15, -0.1) is 11.3 Å². The van der Waals surface area contributed by atoms with Gasteiger partial charge in [-0.2, -0.15) is 4.98 Å². The molecule has 0 radical (unpaired) electrons. The summed E-state index contributed by atoms with van der Waals surface area (Å²) in [6.45, 7) is 3.33.